The molecule has 2 N–H and O–H groups in total. The van der Waals surface area contributed by atoms with Gasteiger partial charge in [0, 0.05) is 4.32 Å². The minimum atomic E-state index is -0.779. The Balaban J connectivity index is 1.22. The van der Waals surface area contributed by atoms with Crippen LogP contribution in [0.3, 0.4) is 0 Å². The quantitative estimate of drug-likeness (QED) is 0.554. The zero-order valence-corrected chi connectivity index (χ0v) is 16.6. The van der Waals surface area contributed by atoms with E-state index < -0.39 is 12.0 Å². The topological polar surface area (TPSA) is 76.7 Å². The number of hydrazine groups is 1. The van der Waals surface area contributed by atoms with Crippen LogP contribution in [0.15, 0.2) is 24.3 Å². The van der Waals surface area contributed by atoms with Crippen LogP contribution in [0.2, 0.25) is 0 Å². The molecule has 4 aliphatic carbocycles. The molecule has 1 aliphatic heterocycles. The van der Waals surface area contributed by atoms with Crippen molar-refractivity contribution in [2.45, 2.75) is 49.0 Å². The standard InChI is InChI=1S/C20H23BrN2O4/c21-20-8-12-5-13(9-20)7-19(6-12,11-20)18(25)23-22-17(24)16-10-26-14-3-1-2-4-15(14)27-16/h1-4,12-13,16H,5-11H2,(H,22,24)(H,23,25). The number of nitrogens with one attached hydrogen (secondary N) is 2. The maximum Gasteiger partial charge on any atom is 0.283 e. The van der Waals surface area contributed by atoms with Crippen LogP contribution >= 0.6 is 15.9 Å². The van der Waals surface area contributed by atoms with Crippen molar-refractivity contribution in [2.75, 3.05) is 6.61 Å². The average Bonchev–Trinajstić information content (AvgIpc) is 2.63. The Morgan fingerprint density at radius 3 is 2.44 bits per heavy atom. The molecule has 3 atom stereocenters. The molecule has 27 heavy (non-hydrogen) atoms. The van der Waals surface area contributed by atoms with Crippen molar-refractivity contribution in [3.8, 4) is 11.5 Å². The predicted octanol–water partition coefficient (Wildman–Crippen LogP) is 2.71. The Labute approximate surface area is 166 Å². The van der Waals surface area contributed by atoms with Crippen molar-refractivity contribution in [3.05, 3.63) is 24.3 Å². The first-order valence-electron chi connectivity index (χ1n) is 9.62. The van der Waals surface area contributed by atoms with E-state index in [0.29, 0.717) is 23.3 Å². The first-order chi connectivity index (χ1) is 12.9. The van der Waals surface area contributed by atoms with Gasteiger partial charge in [-0.1, -0.05) is 28.1 Å². The van der Waals surface area contributed by atoms with E-state index >= 15 is 0 Å². The first-order valence-corrected chi connectivity index (χ1v) is 10.4. The molecule has 0 aromatic heterocycles. The molecule has 1 heterocycles. The van der Waals surface area contributed by atoms with Crippen molar-refractivity contribution in [3.63, 3.8) is 0 Å². The summed E-state index contributed by atoms with van der Waals surface area (Å²) in [6.45, 7) is 0.124. The van der Waals surface area contributed by atoms with Gasteiger partial charge in [-0.2, -0.15) is 0 Å². The molecule has 6 rings (SSSR count). The molecule has 4 bridgehead atoms. The highest BCUT2D eigenvalue weighted by Crippen LogP contribution is 2.64. The van der Waals surface area contributed by atoms with E-state index in [4.69, 9.17) is 9.47 Å². The van der Waals surface area contributed by atoms with Crippen LogP contribution in [-0.2, 0) is 9.59 Å². The van der Waals surface area contributed by atoms with Crippen LogP contribution < -0.4 is 20.3 Å². The molecule has 4 saturated carbocycles. The summed E-state index contributed by atoms with van der Waals surface area (Å²) in [5.41, 5.74) is 4.88. The van der Waals surface area contributed by atoms with Crippen molar-refractivity contribution in [1.29, 1.82) is 0 Å². The average molecular weight is 435 g/mol. The SMILES string of the molecule is O=C(NNC(=O)C12CC3CC(CC(Br)(C3)C1)C2)C1COc2ccccc2O1. The molecule has 7 heteroatoms. The van der Waals surface area contributed by atoms with Gasteiger partial charge in [-0.15, -0.1) is 0 Å². The van der Waals surface area contributed by atoms with Gasteiger partial charge in [0.1, 0.15) is 6.61 Å². The van der Waals surface area contributed by atoms with E-state index in [1.165, 1.54) is 6.42 Å². The third-order valence-corrected chi connectivity index (χ3v) is 7.50. The third kappa shape index (κ3) is 3.00. The minimum Gasteiger partial charge on any atom is -0.485 e. The molecule has 5 aliphatic rings. The molecule has 0 spiro atoms. The monoisotopic (exact) mass is 434 g/mol. The number of ether oxygens (including phenoxy) is 2. The Hall–Kier alpha value is -1.76. The lowest BCUT2D eigenvalue weighted by Gasteiger charge is -2.59. The lowest BCUT2D eigenvalue weighted by Crippen LogP contribution is -2.61. The summed E-state index contributed by atoms with van der Waals surface area (Å²) < 4.78 is 11.4. The molecule has 4 fully saturated rings. The van der Waals surface area contributed by atoms with Crippen molar-refractivity contribution in [1.82, 2.24) is 10.9 Å². The molecule has 2 amide bonds. The van der Waals surface area contributed by atoms with Gasteiger partial charge in [-0.3, -0.25) is 20.4 Å². The molecule has 1 aromatic carbocycles. The molecular weight excluding hydrogens is 412 g/mol. The number of hydrogen-bond acceptors (Lipinski definition) is 4. The number of benzene rings is 1. The van der Waals surface area contributed by atoms with Gasteiger partial charge in [0.2, 0.25) is 12.0 Å². The smallest absolute Gasteiger partial charge is 0.283 e. The third-order valence-electron chi connectivity index (χ3n) is 6.57. The molecule has 1 aromatic rings. The number of carbonyl (C=O) groups excluding carboxylic acids is 2. The van der Waals surface area contributed by atoms with E-state index in [2.05, 4.69) is 26.8 Å². The lowest BCUT2D eigenvalue weighted by molar-refractivity contribution is -0.148. The number of para-hydroxylation sites is 2. The van der Waals surface area contributed by atoms with Gasteiger partial charge >= 0.3 is 0 Å². The second-order valence-electron chi connectivity index (χ2n) is 8.70. The summed E-state index contributed by atoms with van der Waals surface area (Å²) in [5, 5.41) is 0. The summed E-state index contributed by atoms with van der Waals surface area (Å²) >= 11 is 3.91. The van der Waals surface area contributed by atoms with Crippen LogP contribution in [0.25, 0.3) is 0 Å². The Morgan fingerprint density at radius 1 is 1.04 bits per heavy atom. The van der Waals surface area contributed by atoms with Crippen LogP contribution in [0.4, 0.5) is 0 Å². The van der Waals surface area contributed by atoms with Crippen molar-refractivity contribution >= 4 is 27.7 Å². The number of amides is 2. The fraction of sp³-hybridized carbons (Fsp3) is 0.600. The number of hydrogen-bond donors (Lipinski definition) is 2. The number of alkyl halides is 1. The van der Waals surface area contributed by atoms with Crippen LogP contribution in [0, 0.1) is 17.3 Å². The molecule has 6 nitrogen and oxygen atoms in total. The summed E-state index contributed by atoms with van der Waals surface area (Å²) in [5.74, 6) is 1.93. The highest BCUT2D eigenvalue weighted by atomic mass is 79.9. The fourth-order valence-electron chi connectivity index (χ4n) is 5.90. The first kappa shape index (κ1) is 17.3. The van der Waals surface area contributed by atoms with Gasteiger partial charge in [0.15, 0.2) is 11.5 Å². The Bertz CT molecular complexity index is 784. The van der Waals surface area contributed by atoms with E-state index in [-0.39, 0.29) is 22.3 Å². The van der Waals surface area contributed by atoms with Gasteiger partial charge in [-0.25, -0.2) is 0 Å². The summed E-state index contributed by atoms with van der Waals surface area (Å²) in [6, 6.07) is 7.24. The second kappa shape index (κ2) is 6.12. The zero-order valence-electron chi connectivity index (χ0n) is 15.0. The Morgan fingerprint density at radius 2 is 1.74 bits per heavy atom. The second-order valence-corrected chi connectivity index (χ2v) is 10.4. The van der Waals surface area contributed by atoms with Crippen molar-refractivity contribution < 1.29 is 19.1 Å². The highest BCUT2D eigenvalue weighted by Gasteiger charge is 2.59. The maximum absolute atomic E-state index is 13.0. The normalized spacial score (nSPS) is 38.3. The van der Waals surface area contributed by atoms with Crippen LogP contribution in [-0.4, -0.2) is 28.8 Å². The van der Waals surface area contributed by atoms with E-state index in [0.717, 1.165) is 32.1 Å². The molecule has 3 unspecified atom stereocenters. The number of rotatable bonds is 2. The maximum atomic E-state index is 13.0. The van der Waals surface area contributed by atoms with E-state index in [9.17, 15) is 9.59 Å². The molecule has 0 radical (unpaired) electrons. The summed E-state index contributed by atoms with van der Waals surface area (Å²) in [6.07, 6.45) is 5.49. The molecular formula is C20H23BrN2O4. The predicted molar refractivity (Wildman–Crippen MR) is 101 cm³/mol. The van der Waals surface area contributed by atoms with Crippen LogP contribution in [0.5, 0.6) is 11.5 Å². The molecule has 0 saturated heterocycles. The van der Waals surface area contributed by atoms with Gasteiger partial charge < -0.3 is 9.47 Å². The van der Waals surface area contributed by atoms with Gasteiger partial charge in [0.25, 0.3) is 5.91 Å². The van der Waals surface area contributed by atoms with E-state index in [1.807, 2.05) is 12.1 Å². The highest BCUT2D eigenvalue weighted by molar-refractivity contribution is 9.10. The van der Waals surface area contributed by atoms with Crippen LogP contribution in [0.1, 0.15) is 38.5 Å². The zero-order chi connectivity index (χ0) is 18.6. The molecule has 144 valence electrons. The number of carbonyl (C=O) groups is 2. The minimum absolute atomic E-state index is 0.0640. The van der Waals surface area contributed by atoms with Gasteiger partial charge in [-0.05, 0) is 62.5 Å². The van der Waals surface area contributed by atoms with Crippen molar-refractivity contribution in [2.24, 2.45) is 17.3 Å². The number of halogens is 1. The Kier molecular flexibility index (Phi) is 3.93. The van der Waals surface area contributed by atoms with Gasteiger partial charge in [0.05, 0.1) is 5.41 Å². The summed E-state index contributed by atoms with van der Waals surface area (Å²) in [7, 11) is 0. The fourth-order valence-corrected chi connectivity index (χ4v) is 7.35. The summed E-state index contributed by atoms with van der Waals surface area (Å²) in [4.78, 5) is 25.5. The lowest BCUT2D eigenvalue weighted by atomic mass is 9.49. The number of fused-ring (bicyclic) bond motifs is 1. The largest absolute Gasteiger partial charge is 0.485 e. The van der Waals surface area contributed by atoms with E-state index in [1.54, 1.807) is 12.1 Å².